The zero-order valence-electron chi connectivity index (χ0n) is 14.9. The van der Waals surface area contributed by atoms with Gasteiger partial charge in [0.25, 0.3) is 0 Å². The van der Waals surface area contributed by atoms with Crippen LogP contribution in [0.2, 0.25) is 0 Å². The van der Waals surface area contributed by atoms with E-state index < -0.39 is 5.54 Å². The summed E-state index contributed by atoms with van der Waals surface area (Å²) in [7, 11) is 2.03. The van der Waals surface area contributed by atoms with Gasteiger partial charge in [0.15, 0.2) is 0 Å². The molecule has 1 amide bonds. The van der Waals surface area contributed by atoms with Crippen LogP contribution in [0.25, 0.3) is 0 Å². The summed E-state index contributed by atoms with van der Waals surface area (Å²) in [5.41, 5.74) is 6.58. The molecule has 132 valence electrons. The van der Waals surface area contributed by atoms with Gasteiger partial charge in [0.1, 0.15) is 5.54 Å². The van der Waals surface area contributed by atoms with Gasteiger partial charge in [-0.15, -0.1) is 0 Å². The first-order chi connectivity index (χ1) is 11.4. The van der Waals surface area contributed by atoms with Gasteiger partial charge in [0.2, 0.25) is 5.91 Å². The predicted octanol–water partition coefficient (Wildman–Crippen LogP) is 1.77. The van der Waals surface area contributed by atoms with Gasteiger partial charge in [0, 0.05) is 43.8 Å². The third-order valence-corrected chi connectivity index (χ3v) is 5.99. The normalized spacial score (nSPS) is 30.8. The van der Waals surface area contributed by atoms with E-state index in [0.29, 0.717) is 6.54 Å². The van der Waals surface area contributed by atoms with Gasteiger partial charge < -0.3 is 20.7 Å². The fourth-order valence-electron chi connectivity index (χ4n) is 4.33. The SMILES string of the molecule is CN(CCNC(=O)C1(N)C2CCCOC2C1(C)C)c1ccccc1. The van der Waals surface area contributed by atoms with E-state index in [9.17, 15) is 4.79 Å². The Kier molecular flexibility index (Phi) is 4.58. The van der Waals surface area contributed by atoms with Crippen LogP contribution in [0.4, 0.5) is 5.69 Å². The number of carbonyl (C=O) groups is 1. The van der Waals surface area contributed by atoms with E-state index in [1.54, 1.807) is 0 Å². The Morgan fingerprint density at radius 2 is 2.08 bits per heavy atom. The largest absolute Gasteiger partial charge is 0.377 e. The molecule has 3 N–H and O–H groups in total. The summed E-state index contributed by atoms with van der Waals surface area (Å²) in [6, 6.07) is 10.1. The molecular weight excluding hydrogens is 302 g/mol. The molecule has 2 fully saturated rings. The summed E-state index contributed by atoms with van der Waals surface area (Å²) in [5, 5.41) is 3.05. The molecule has 0 aromatic heterocycles. The number of carbonyl (C=O) groups excluding carboxylic acids is 1. The lowest BCUT2D eigenvalue weighted by Crippen LogP contribution is -2.82. The Labute approximate surface area is 144 Å². The van der Waals surface area contributed by atoms with Gasteiger partial charge in [-0.05, 0) is 25.0 Å². The molecule has 3 atom stereocenters. The number of amides is 1. The van der Waals surface area contributed by atoms with Crippen molar-refractivity contribution in [3.63, 3.8) is 0 Å². The fourth-order valence-corrected chi connectivity index (χ4v) is 4.33. The molecule has 1 aromatic carbocycles. The number of rotatable bonds is 5. The van der Waals surface area contributed by atoms with Crippen LogP contribution in [-0.4, -0.2) is 44.3 Å². The van der Waals surface area contributed by atoms with Gasteiger partial charge in [-0.25, -0.2) is 0 Å². The maximum absolute atomic E-state index is 12.8. The van der Waals surface area contributed by atoms with Crippen LogP contribution < -0.4 is 16.0 Å². The molecular formula is C19H29N3O2. The molecule has 1 aliphatic carbocycles. The lowest BCUT2D eigenvalue weighted by atomic mass is 9.46. The van der Waals surface area contributed by atoms with Crippen molar-refractivity contribution in [2.75, 3.05) is 31.6 Å². The first-order valence-corrected chi connectivity index (χ1v) is 8.84. The molecule has 3 rings (SSSR count). The van der Waals surface area contributed by atoms with Crippen LogP contribution in [0, 0.1) is 11.3 Å². The number of para-hydroxylation sites is 1. The van der Waals surface area contributed by atoms with E-state index in [0.717, 1.165) is 31.7 Å². The number of hydrogen-bond acceptors (Lipinski definition) is 4. The number of ether oxygens (including phenoxy) is 1. The van der Waals surface area contributed by atoms with Gasteiger partial charge in [-0.2, -0.15) is 0 Å². The molecule has 1 aromatic rings. The van der Waals surface area contributed by atoms with Crippen molar-refractivity contribution < 1.29 is 9.53 Å². The first-order valence-electron chi connectivity index (χ1n) is 8.84. The van der Waals surface area contributed by atoms with Crippen molar-refractivity contribution in [1.82, 2.24) is 5.32 Å². The molecule has 5 nitrogen and oxygen atoms in total. The number of nitrogens with one attached hydrogen (secondary N) is 1. The quantitative estimate of drug-likeness (QED) is 0.863. The zero-order chi connectivity index (χ0) is 17.4. The molecule has 24 heavy (non-hydrogen) atoms. The lowest BCUT2D eigenvalue weighted by molar-refractivity contribution is -0.225. The monoisotopic (exact) mass is 331 g/mol. The highest BCUT2D eigenvalue weighted by atomic mass is 16.5. The summed E-state index contributed by atoms with van der Waals surface area (Å²) in [4.78, 5) is 15.0. The van der Waals surface area contributed by atoms with Crippen LogP contribution in [-0.2, 0) is 9.53 Å². The van der Waals surface area contributed by atoms with E-state index in [1.807, 2.05) is 25.2 Å². The Morgan fingerprint density at radius 3 is 2.79 bits per heavy atom. The summed E-state index contributed by atoms with van der Waals surface area (Å²) in [6.07, 6.45) is 2.07. The molecule has 5 heteroatoms. The Bertz CT molecular complexity index is 590. The molecule has 0 bridgehead atoms. The van der Waals surface area contributed by atoms with Crippen molar-refractivity contribution in [1.29, 1.82) is 0 Å². The van der Waals surface area contributed by atoms with Crippen LogP contribution in [0.1, 0.15) is 26.7 Å². The Morgan fingerprint density at radius 1 is 1.38 bits per heavy atom. The molecule has 2 aliphatic rings. The molecule has 1 saturated carbocycles. The second kappa shape index (κ2) is 6.37. The van der Waals surface area contributed by atoms with Crippen molar-refractivity contribution in [3.8, 4) is 0 Å². The fraction of sp³-hybridized carbons (Fsp3) is 0.632. The van der Waals surface area contributed by atoms with Crippen molar-refractivity contribution in [2.45, 2.75) is 38.3 Å². The minimum atomic E-state index is -0.830. The average Bonchev–Trinajstić information content (AvgIpc) is 2.61. The van der Waals surface area contributed by atoms with E-state index in [-0.39, 0.29) is 23.3 Å². The topological polar surface area (TPSA) is 67.6 Å². The predicted molar refractivity (Wildman–Crippen MR) is 95.9 cm³/mol. The third-order valence-electron chi connectivity index (χ3n) is 5.99. The smallest absolute Gasteiger partial charge is 0.241 e. The van der Waals surface area contributed by atoms with E-state index in [4.69, 9.17) is 10.5 Å². The highest BCUT2D eigenvalue weighted by Gasteiger charge is 2.70. The van der Waals surface area contributed by atoms with Crippen LogP contribution >= 0.6 is 0 Å². The maximum Gasteiger partial charge on any atom is 0.241 e. The standard InChI is InChI=1S/C19H29N3O2/c1-18(2)16-15(10-7-13-24-16)19(18,20)17(23)21-11-12-22(3)14-8-5-4-6-9-14/h4-6,8-9,15-16H,7,10-13,20H2,1-3H3,(H,21,23). The number of benzene rings is 1. The number of fused-ring (bicyclic) bond motifs is 1. The van der Waals surface area contributed by atoms with Gasteiger partial charge >= 0.3 is 0 Å². The molecule has 0 spiro atoms. The van der Waals surface area contributed by atoms with E-state index in [1.165, 1.54) is 0 Å². The van der Waals surface area contributed by atoms with Gasteiger partial charge in [-0.3, -0.25) is 4.79 Å². The number of hydrogen-bond donors (Lipinski definition) is 2. The highest BCUT2D eigenvalue weighted by Crippen LogP contribution is 2.57. The second-order valence-corrected chi connectivity index (χ2v) is 7.64. The number of nitrogens with two attached hydrogens (primary N) is 1. The Hall–Kier alpha value is -1.59. The Balaban J connectivity index is 1.57. The summed E-state index contributed by atoms with van der Waals surface area (Å²) in [6.45, 7) is 6.21. The first kappa shape index (κ1) is 17.2. The van der Waals surface area contributed by atoms with Crippen molar-refractivity contribution in [3.05, 3.63) is 30.3 Å². The number of anilines is 1. The molecule has 1 heterocycles. The van der Waals surface area contributed by atoms with Crippen molar-refractivity contribution in [2.24, 2.45) is 17.1 Å². The van der Waals surface area contributed by atoms with Crippen LogP contribution in [0.3, 0.4) is 0 Å². The molecule has 3 unspecified atom stereocenters. The lowest BCUT2D eigenvalue weighted by Gasteiger charge is -2.65. The zero-order valence-corrected chi connectivity index (χ0v) is 14.9. The third kappa shape index (κ3) is 2.60. The molecule has 1 saturated heterocycles. The minimum absolute atomic E-state index is 0.0410. The second-order valence-electron chi connectivity index (χ2n) is 7.64. The summed E-state index contributed by atoms with van der Waals surface area (Å²) >= 11 is 0. The number of likely N-dealkylation sites (N-methyl/N-ethyl adjacent to an activating group) is 1. The number of nitrogens with zero attached hydrogens (tertiary/aromatic N) is 1. The summed E-state index contributed by atoms with van der Waals surface area (Å²) < 4.78 is 5.87. The van der Waals surface area contributed by atoms with Gasteiger partial charge in [-0.1, -0.05) is 32.0 Å². The van der Waals surface area contributed by atoms with E-state index in [2.05, 4.69) is 36.2 Å². The van der Waals surface area contributed by atoms with E-state index >= 15 is 0 Å². The average molecular weight is 331 g/mol. The minimum Gasteiger partial charge on any atom is -0.377 e. The van der Waals surface area contributed by atoms with Crippen molar-refractivity contribution >= 4 is 11.6 Å². The molecule has 0 radical (unpaired) electrons. The summed E-state index contributed by atoms with van der Waals surface area (Å²) in [5.74, 6) is 0.0915. The molecule has 1 aliphatic heterocycles. The maximum atomic E-state index is 12.8. The van der Waals surface area contributed by atoms with Gasteiger partial charge in [0.05, 0.1) is 6.10 Å². The highest BCUT2D eigenvalue weighted by molar-refractivity contribution is 5.89. The van der Waals surface area contributed by atoms with Crippen LogP contribution in [0.15, 0.2) is 30.3 Å². The van der Waals surface area contributed by atoms with Crippen LogP contribution in [0.5, 0.6) is 0 Å².